The van der Waals surface area contributed by atoms with Crippen LogP contribution in [-0.4, -0.2) is 52.8 Å². The van der Waals surface area contributed by atoms with E-state index >= 15 is 0 Å². The van der Waals surface area contributed by atoms with Gasteiger partial charge in [0, 0.05) is 38.1 Å². The molecule has 1 aromatic heterocycles. The molecule has 0 bridgehead atoms. The van der Waals surface area contributed by atoms with Crippen molar-refractivity contribution in [2.75, 3.05) is 26.2 Å². The van der Waals surface area contributed by atoms with E-state index in [9.17, 15) is 0 Å². The number of nitrogens with zero attached hydrogens (tertiary/aromatic N) is 3. The molecule has 5 nitrogen and oxygen atoms in total. The standard InChI is InChI=1S/C15H26N4O/c1-3-19-8-4-12(5-9-19)17-13-6-11-20-14(13)15-16-7-10-18(15)2/h7,10,12-14,17H,3-6,8-9,11H2,1-2H3/t13-,14-/m0/s1. The highest BCUT2D eigenvalue weighted by Crippen LogP contribution is 2.28. The minimum Gasteiger partial charge on any atom is -0.369 e. The second kappa shape index (κ2) is 6.24. The van der Waals surface area contributed by atoms with Crippen LogP contribution in [0.15, 0.2) is 12.4 Å². The van der Waals surface area contributed by atoms with Crippen LogP contribution in [0.3, 0.4) is 0 Å². The molecule has 0 aliphatic carbocycles. The van der Waals surface area contributed by atoms with Crippen molar-refractivity contribution < 1.29 is 4.74 Å². The molecule has 1 aromatic rings. The number of aryl methyl sites for hydroxylation is 1. The van der Waals surface area contributed by atoms with Crippen LogP contribution in [0.2, 0.25) is 0 Å². The first-order valence-corrected chi connectivity index (χ1v) is 7.85. The maximum Gasteiger partial charge on any atom is 0.139 e. The van der Waals surface area contributed by atoms with Crippen LogP contribution in [0.4, 0.5) is 0 Å². The van der Waals surface area contributed by atoms with Crippen LogP contribution in [0.25, 0.3) is 0 Å². The molecule has 112 valence electrons. The van der Waals surface area contributed by atoms with Gasteiger partial charge in [-0.3, -0.25) is 0 Å². The average molecular weight is 278 g/mol. The Bertz CT molecular complexity index is 425. The summed E-state index contributed by atoms with van der Waals surface area (Å²) >= 11 is 0. The molecule has 0 amide bonds. The molecule has 3 heterocycles. The van der Waals surface area contributed by atoms with Gasteiger partial charge in [-0.2, -0.15) is 0 Å². The van der Waals surface area contributed by atoms with E-state index in [4.69, 9.17) is 4.74 Å². The number of nitrogens with one attached hydrogen (secondary N) is 1. The lowest BCUT2D eigenvalue weighted by Gasteiger charge is -2.34. The summed E-state index contributed by atoms with van der Waals surface area (Å²) in [5.41, 5.74) is 0. The molecule has 0 unspecified atom stereocenters. The summed E-state index contributed by atoms with van der Waals surface area (Å²) in [6.45, 7) is 6.69. The van der Waals surface area contributed by atoms with Gasteiger partial charge in [0.15, 0.2) is 0 Å². The fraction of sp³-hybridized carbons (Fsp3) is 0.800. The molecule has 20 heavy (non-hydrogen) atoms. The molecule has 0 aromatic carbocycles. The summed E-state index contributed by atoms with van der Waals surface area (Å²) in [6, 6.07) is 1.04. The Labute approximate surface area is 121 Å². The van der Waals surface area contributed by atoms with Gasteiger partial charge < -0.3 is 19.5 Å². The van der Waals surface area contributed by atoms with Crippen LogP contribution in [0.5, 0.6) is 0 Å². The molecule has 0 spiro atoms. The number of ether oxygens (including phenoxy) is 1. The second-order valence-electron chi connectivity index (χ2n) is 5.96. The predicted octanol–water partition coefficient (Wildman–Crippen LogP) is 1.32. The molecular weight excluding hydrogens is 252 g/mol. The molecular formula is C15H26N4O. The zero-order valence-corrected chi connectivity index (χ0v) is 12.6. The minimum atomic E-state index is 0.110. The number of imidazole rings is 1. The Kier molecular flexibility index (Phi) is 4.38. The zero-order chi connectivity index (χ0) is 13.9. The first-order valence-electron chi connectivity index (χ1n) is 7.85. The van der Waals surface area contributed by atoms with Crippen LogP contribution < -0.4 is 5.32 Å². The van der Waals surface area contributed by atoms with E-state index in [1.165, 1.54) is 32.5 Å². The Balaban J connectivity index is 1.58. The van der Waals surface area contributed by atoms with Crippen molar-refractivity contribution in [1.82, 2.24) is 19.8 Å². The lowest BCUT2D eigenvalue weighted by molar-refractivity contribution is 0.0837. The molecule has 2 saturated heterocycles. The van der Waals surface area contributed by atoms with E-state index in [0.29, 0.717) is 12.1 Å². The van der Waals surface area contributed by atoms with E-state index in [1.807, 2.05) is 19.4 Å². The normalized spacial score (nSPS) is 29.1. The lowest BCUT2D eigenvalue weighted by atomic mass is 10.0. The van der Waals surface area contributed by atoms with Crippen molar-refractivity contribution in [2.45, 2.75) is 44.4 Å². The van der Waals surface area contributed by atoms with Gasteiger partial charge in [0.2, 0.25) is 0 Å². The topological polar surface area (TPSA) is 42.3 Å². The average Bonchev–Trinajstić information content (AvgIpc) is 3.08. The summed E-state index contributed by atoms with van der Waals surface area (Å²) < 4.78 is 7.99. The number of aromatic nitrogens is 2. The number of rotatable bonds is 4. The van der Waals surface area contributed by atoms with Crippen molar-refractivity contribution in [3.63, 3.8) is 0 Å². The largest absolute Gasteiger partial charge is 0.369 e. The Morgan fingerprint density at radius 1 is 1.35 bits per heavy atom. The van der Waals surface area contributed by atoms with Gasteiger partial charge in [-0.25, -0.2) is 4.98 Å². The van der Waals surface area contributed by atoms with Gasteiger partial charge in [0.05, 0.1) is 0 Å². The van der Waals surface area contributed by atoms with E-state index in [2.05, 4.69) is 26.7 Å². The van der Waals surface area contributed by atoms with Crippen molar-refractivity contribution in [3.8, 4) is 0 Å². The molecule has 0 radical (unpaired) electrons. The molecule has 2 atom stereocenters. The van der Waals surface area contributed by atoms with Gasteiger partial charge in [-0.1, -0.05) is 6.92 Å². The minimum absolute atomic E-state index is 0.110. The smallest absolute Gasteiger partial charge is 0.139 e. The maximum absolute atomic E-state index is 5.92. The first-order chi connectivity index (χ1) is 9.78. The van der Waals surface area contributed by atoms with Gasteiger partial charge in [-0.15, -0.1) is 0 Å². The first kappa shape index (κ1) is 14.0. The number of piperidine rings is 1. The fourth-order valence-corrected chi connectivity index (χ4v) is 3.38. The number of likely N-dealkylation sites (tertiary alicyclic amines) is 1. The zero-order valence-electron chi connectivity index (χ0n) is 12.6. The summed E-state index contributed by atoms with van der Waals surface area (Å²) in [7, 11) is 2.04. The van der Waals surface area contributed by atoms with Crippen molar-refractivity contribution >= 4 is 0 Å². The molecule has 3 rings (SSSR count). The Morgan fingerprint density at radius 3 is 2.80 bits per heavy atom. The van der Waals surface area contributed by atoms with Gasteiger partial charge >= 0.3 is 0 Å². The van der Waals surface area contributed by atoms with E-state index in [-0.39, 0.29) is 6.10 Å². The molecule has 2 aliphatic rings. The highest BCUT2D eigenvalue weighted by atomic mass is 16.5. The SMILES string of the molecule is CCN1CCC(N[C@H]2CCO[C@@H]2c2nccn2C)CC1. The van der Waals surface area contributed by atoms with E-state index < -0.39 is 0 Å². The lowest BCUT2D eigenvalue weighted by Crippen LogP contribution is -2.47. The summed E-state index contributed by atoms with van der Waals surface area (Å²) in [6.07, 6.45) is 7.54. The van der Waals surface area contributed by atoms with Gasteiger partial charge in [-0.05, 0) is 38.9 Å². The molecule has 1 N–H and O–H groups in total. The third-order valence-corrected chi connectivity index (χ3v) is 4.69. The van der Waals surface area contributed by atoms with Crippen LogP contribution in [0, 0.1) is 0 Å². The molecule has 2 fully saturated rings. The fourth-order valence-electron chi connectivity index (χ4n) is 3.38. The Morgan fingerprint density at radius 2 is 2.15 bits per heavy atom. The van der Waals surface area contributed by atoms with Crippen LogP contribution in [-0.2, 0) is 11.8 Å². The third-order valence-electron chi connectivity index (χ3n) is 4.69. The quantitative estimate of drug-likeness (QED) is 0.902. The third kappa shape index (κ3) is 2.90. The summed E-state index contributed by atoms with van der Waals surface area (Å²) in [5.74, 6) is 1.05. The van der Waals surface area contributed by atoms with E-state index in [0.717, 1.165) is 18.9 Å². The highest BCUT2D eigenvalue weighted by molar-refractivity contribution is 5.03. The molecule has 2 aliphatic heterocycles. The van der Waals surface area contributed by atoms with Gasteiger partial charge in [0.1, 0.15) is 11.9 Å². The number of hydrogen-bond acceptors (Lipinski definition) is 4. The second-order valence-corrected chi connectivity index (χ2v) is 5.96. The molecule has 0 saturated carbocycles. The summed E-state index contributed by atoms with van der Waals surface area (Å²) in [4.78, 5) is 6.98. The highest BCUT2D eigenvalue weighted by Gasteiger charge is 2.34. The van der Waals surface area contributed by atoms with E-state index in [1.54, 1.807) is 0 Å². The van der Waals surface area contributed by atoms with Crippen molar-refractivity contribution in [2.24, 2.45) is 7.05 Å². The summed E-state index contributed by atoms with van der Waals surface area (Å²) in [5, 5.41) is 3.82. The van der Waals surface area contributed by atoms with Crippen molar-refractivity contribution in [3.05, 3.63) is 18.2 Å². The van der Waals surface area contributed by atoms with Crippen molar-refractivity contribution in [1.29, 1.82) is 0 Å². The Hall–Kier alpha value is -0.910. The van der Waals surface area contributed by atoms with Crippen LogP contribution >= 0.6 is 0 Å². The predicted molar refractivity (Wildman–Crippen MR) is 78.6 cm³/mol. The number of hydrogen-bond donors (Lipinski definition) is 1. The van der Waals surface area contributed by atoms with Crippen LogP contribution in [0.1, 0.15) is 38.1 Å². The molecule has 5 heteroatoms. The monoisotopic (exact) mass is 278 g/mol. The van der Waals surface area contributed by atoms with Gasteiger partial charge in [0.25, 0.3) is 0 Å². The maximum atomic E-state index is 5.92.